The number of hydrogen-bond acceptors (Lipinski definition) is 4. The molecule has 0 saturated heterocycles. The molecule has 1 saturated carbocycles. The Labute approximate surface area is 142 Å². The second-order valence-corrected chi connectivity index (χ2v) is 7.59. The Morgan fingerprint density at radius 3 is 2.54 bits per heavy atom. The van der Waals surface area contributed by atoms with Gasteiger partial charge in [0.05, 0.1) is 0 Å². The molecule has 2 aromatic rings. The van der Waals surface area contributed by atoms with Gasteiger partial charge in [0.1, 0.15) is 0 Å². The number of carbonyl (C=O) groups excluding carboxylic acids is 1. The number of nitrogens with two attached hydrogens (primary N) is 1. The van der Waals surface area contributed by atoms with Crippen molar-refractivity contribution in [3.05, 3.63) is 29.8 Å². The first-order valence-corrected chi connectivity index (χ1v) is 8.42. The molecule has 1 heterocycles. The van der Waals surface area contributed by atoms with Gasteiger partial charge in [-0.25, -0.2) is 0 Å². The van der Waals surface area contributed by atoms with Gasteiger partial charge in [0, 0.05) is 17.5 Å². The van der Waals surface area contributed by atoms with Crippen LogP contribution in [0.25, 0.3) is 11.4 Å². The van der Waals surface area contributed by atoms with Crippen molar-refractivity contribution in [2.45, 2.75) is 51.5 Å². The van der Waals surface area contributed by atoms with Crippen LogP contribution in [0.4, 0.5) is 5.95 Å². The molecule has 2 atom stereocenters. The molecule has 1 aromatic carbocycles. The Balaban J connectivity index is 1.68. The third-order valence-corrected chi connectivity index (χ3v) is 4.59. The van der Waals surface area contributed by atoms with Crippen LogP contribution in [-0.4, -0.2) is 27.1 Å². The van der Waals surface area contributed by atoms with Crippen molar-refractivity contribution < 1.29 is 4.79 Å². The molecule has 128 valence electrons. The molecule has 3 rings (SSSR count). The van der Waals surface area contributed by atoms with E-state index in [1.165, 1.54) is 5.56 Å². The van der Waals surface area contributed by atoms with Gasteiger partial charge >= 0.3 is 0 Å². The van der Waals surface area contributed by atoms with Crippen LogP contribution in [0, 0.1) is 5.92 Å². The summed E-state index contributed by atoms with van der Waals surface area (Å²) in [5, 5.41) is 9.76. The molecule has 6 nitrogen and oxygen atoms in total. The van der Waals surface area contributed by atoms with Gasteiger partial charge < -0.3 is 5.73 Å². The molecule has 6 heteroatoms. The monoisotopic (exact) mass is 327 g/mol. The van der Waals surface area contributed by atoms with Gasteiger partial charge in [-0.2, -0.15) is 4.98 Å². The van der Waals surface area contributed by atoms with Crippen LogP contribution in [0.1, 0.15) is 45.6 Å². The minimum atomic E-state index is -0.0448. The number of H-pyrrole nitrogens is 1. The summed E-state index contributed by atoms with van der Waals surface area (Å²) in [5.41, 5.74) is 8.18. The zero-order valence-electron chi connectivity index (χ0n) is 14.5. The Kier molecular flexibility index (Phi) is 4.41. The maximum absolute atomic E-state index is 12.2. The molecule has 24 heavy (non-hydrogen) atoms. The average molecular weight is 327 g/mol. The first-order valence-electron chi connectivity index (χ1n) is 8.42. The molecular formula is C18H25N5O. The second kappa shape index (κ2) is 6.36. The molecule has 1 aliphatic carbocycles. The van der Waals surface area contributed by atoms with Crippen LogP contribution >= 0.6 is 0 Å². The van der Waals surface area contributed by atoms with Crippen LogP contribution < -0.4 is 11.1 Å². The van der Waals surface area contributed by atoms with Crippen molar-refractivity contribution >= 4 is 11.9 Å². The van der Waals surface area contributed by atoms with E-state index < -0.39 is 0 Å². The number of nitrogens with one attached hydrogen (secondary N) is 2. The highest BCUT2D eigenvalue weighted by Crippen LogP contribution is 2.26. The Hall–Kier alpha value is -2.21. The first kappa shape index (κ1) is 16.6. The lowest BCUT2D eigenvalue weighted by atomic mass is 9.87. The van der Waals surface area contributed by atoms with Crippen molar-refractivity contribution in [1.29, 1.82) is 0 Å². The molecule has 0 aliphatic heterocycles. The highest BCUT2D eigenvalue weighted by atomic mass is 16.2. The molecule has 2 unspecified atom stereocenters. The highest BCUT2D eigenvalue weighted by Gasteiger charge is 2.28. The van der Waals surface area contributed by atoms with Gasteiger partial charge in [-0.05, 0) is 30.2 Å². The van der Waals surface area contributed by atoms with E-state index in [-0.39, 0.29) is 23.3 Å². The van der Waals surface area contributed by atoms with Crippen molar-refractivity contribution in [3.63, 3.8) is 0 Å². The highest BCUT2D eigenvalue weighted by molar-refractivity contribution is 5.91. The van der Waals surface area contributed by atoms with Crippen LogP contribution in [0.5, 0.6) is 0 Å². The SMILES string of the molecule is CC(C)(C)c1ccc(-c2nc(NC(=O)C3CCC(N)C3)n[nH]2)cc1. The fourth-order valence-electron chi connectivity index (χ4n) is 3.04. The van der Waals surface area contributed by atoms with E-state index in [1.807, 2.05) is 12.1 Å². The second-order valence-electron chi connectivity index (χ2n) is 7.59. The number of aromatic nitrogens is 3. The van der Waals surface area contributed by atoms with E-state index in [1.54, 1.807) is 0 Å². The predicted molar refractivity (Wildman–Crippen MR) is 94.5 cm³/mol. The molecular weight excluding hydrogens is 302 g/mol. The summed E-state index contributed by atoms with van der Waals surface area (Å²) in [4.78, 5) is 16.6. The molecule has 1 fully saturated rings. The van der Waals surface area contributed by atoms with Gasteiger partial charge in [-0.15, -0.1) is 5.10 Å². The first-order chi connectivity index (χ1) is 11.3. The lowest BCUT2D eigenvalue weighted by Gasteiger charge is -2.18. The van der Waals surface area contributed by atoms with E-state index in [9.17, 15) is 4.79 Å². The van der Waals surface area contributed by atoms with Gasteiger partial charge in [0.15, 0.2) is 5.82 Å². The topological polar surface area (TPSA) is 96.7 Å². The van der Waals surface area contributed by atoms with Crippen molar-refractivity contribution in [3.8, 4) is 11.4 Å². The summed E-state index contributed by atoms with van der Waals surface area (Å²) in [6.45, 7) is 6.54. The summed E-state index contributed by atoms with van der Waals surface area (Å²) in [5.74, 6) is 0.883. The normalized spacial score (nSPS) is 21.0. The maximum atomic E-state index is 12.2. The van der Waals surface area contributed by atoms with Crippen molar-refractivity contribution in [2.24, 2.45) is 11.7 Å². The fraction of sp³-hybridized carbons (Fsp3) is 0.500. The number of nitrogens with zero attached hydrogens (tertiary/aromatic N) is 2. The smallest absolute Gasteiger partial charge is 0.249 e. The summed E-state index contributed by atoms with van der Waals surface area (Å²) < 4.78 is 0. The number of amides is 1. The van der Waals surface area contributed by atoms with Crippen LogP contribution in [0.2, 0.25) is 0 Å². The minimum absolute atomic E-state index is 0.0342. The number of benzene rings is 1. The van der Waals surface area contributed by atoms with Gasteiger partial charge in [0.2, 0.25) is 11.9 Å². The third-order valence-electron chi connectivity index (χ3n) is 4.59. The minimum Gasteiger partial charge on any atom is -0.328 e. The number of hydrogen-bond donors (Lipinski definition) is 3. The summed E-state index contributed by atoms with van der Waals surface area (Å²) in [6.07, 6.45) is 2.47. The molecule has 1 aromatic heterocycles. The summed E-state index contributed by atoms with van der Waals surface area (Å²) in [7, 11) is 0. The van der Waals surface area contributed by atoms with E-state index in [4.69, 9.17) is 5.73 Å². The van der Waals surface area contributed by atoms with E-state index in [0.717, 1.165) is 24.8 Å². The molecule has 1 aliphatic rings. The lowest BCUT2D eigenvalue weighted by molar-refractivity contribution is -0.119. The summed E-state index contributed by atoms with van der Waals surface area (Å²) >= 11 is 0. The molecule has 0 radical (unpaired) electrons. The van der Waals surface area contributed by atoms with E-state index >= 15 is 0 Å². The molecule has 0 bridgehead atoms. The van der Waals surface area contributed by atoms with Gasteiger partial charge in [-0.1, -0.05) is 45.0 Å². The Morgan fingerprint density at radius 2 is 1.96 bits per heavy atom. The average Bonchev–Trinajstić information content (AvgIpc) is 3.16. The Bertz CT molecular complexity index is 714. The number of aromatic amines is 1. The Morgan fingerprint density at radius 1 is 1.25 bits per heavy atom. The van der Waals surface area contributed by atoms with Crippen LogP contribution in [-0.2, 0) is 10.2 Å². The molecule has 0 spiro atoms. The molecule has 1 amide bonds. The van der Waals surface area contributed by atoms with Crippen LogP contribution in [0.15, 0.2) is 24.3 Å². The predicted octanol–water partition coefficient (Wildman–Crippen LogP) is 2.84. The largest absolute Gasteiger partial charge is 0.328 e. The zero-order chi connectivity index (χ0) is 17.3. The van der Waals surface area contributed by atoms with E-state index in [2.05, 4.69) is 53.4 Å². The fourth-order valence-corrected chi connectivity index (χ4v) is 3.04. The zero-order valence-corrected chi connectivity index (χ0v) is 14.5. The van der Waals surface area contributed by atoms with Crippen LogP contribution in [0.3, 0.4) is 0 Å². The van der Waals surface area contributed by atoms with Crippen molar-refractivity contribution in [1.82, 2.24) is 15.2 Å². The number of rotatable bonds is 3. The van der Waals surface area contributed by atoms with Crippen molar-refractivity contribution in [2.75, 3.05) is 5.32 Å². The number of carbonyl (C=O) groups is 1. The maximum Gasteiger partial charge on any atom is 0.249 e. The quantitative estimate of drug-likeness (QED) is 0.807. The standard InChI is InChI=1S/C18H25N5O/c1-18(2,3)13-7-4-11(5-8-13)15-20-17(23-22-15)21-16(24)12-6-9-14(19)10-12/h4-5,7-8,12,14H,6,9-10,19H2,1-3H3,(H2,20,21,22,23,24). The van der Waals surface area contributed by atoms with Gasteiger partial charge in [-0.3, -0.25) is 15.2 Å². The van der Waals surface area contributed by atoms with Gasteiger partial charge in [0.25, 0.3) is 0 Å². The summed E-state index contributed by atoms with van der Waals surface area (Å²) in [6, 6.07) is 8.35. The third kappa shape index (κ3) is 3.64. The van der Waals surface area contributed by atoms with E-state index in [0.29, 0.717) is 11.8 Å². The lowest BCUT2D eigenvalue weighted by Crippen LogP contribution is -2.23. The molecule has 4 N–H and O–H groups in total. The number of anilines is 1.